The molecule has 1 amide bonds. The minimum atomic E-state index is -0.535. The van der Waals surface area contributed by atoms with E-state index in [0.717, 1.165) is 5.56 Å². The van der Waals surface area contributed by atoms with Gasteiger partial charge in [-0.1, -0.05) is 23.4 Å². The van der Waals surface area contributed by atoms with Gasteiger partial charge in [0.15, 0.2) is 5.69 Å². The first kappa shape index (κ1) is 14.4. The van der Waals surface area contributed by atoms with Crippen LogP contribution in [0.2, 0.25) is 0 Å². The average Bonchev–Trinajstić information content (AvgIpc) is 2.89. The van der Waals surface area contributed by atoms with E-state index in [1.807, 2.05) is 0 Å². The number of nitrogens with one attached hydrogen (secondary N) is 1. The number of nitrogens with zero attached hydrogens (tertiary/aromatic N) is 3. The van der Waals surface area contributed by atoms with Gasteiger partial charge < -0.3 is 5.11 Å². The molecule has 7 nitrogen and oxygen atoms in total. The van der Waals surface area contributed by atoms with Gasteiger partial charge in [-0.2, -0.15) is 5.10 Å². The molecule has 0 bridgehead atoms. The molecule has 7 heteroatoms. The zero-order valence-corrected chi connectivity index (χ0v) is 11.4. The first-order valence-corrected chi connectivity index (χ1v) is 6.17. The fourth-order valence-corrected chi connectivity index (χ4v) is 1.69. The quantitative estimate of drug-likeness (QED) is 0.493. The number of phenolic OH excluding ortho intramolecular Hbond substituents is 1. The Hall–Kier alpha value is -2.96. The Morgan fingerprint density at radius 2 is 2.33 bits per heavy atom. The summed E-state index contributed by atoms with van der Waals surface area (Å²) in [5.41, 5.74) is 3.95. The number of aromatic hydroxyl groups is 1. The Balaban J connectivity index is 2.08. The molecule has 21 heavy (non-hydrogen) atoms. The molecule has 2 aromatic rings. The number of allylic oxidation sites excluding steroid dienone is 1. The fraction of sp³-hybridized carbons (Fsp3) is 0.143. The van der Waals surface area contributed by atoms with Crippen molar-refractivity contribution in [1.82, 2.24) is 15.7 Å². The Morgan fingerprint density at radius 3 is 3.00 bits per heavy atom. The van der Waals surface area contributed by atoms with Crippen LogP contribution in [0.1, 0.15) is 27.3 Å². The highest BCUT2D eigenvalue weighted by Gasteiger charge is 2.13. The second kappa shape index (κ2) is 6.47. The SMILES string of the molecule is C=CCc1cccc(/C=N/NC(=O)c2nonc2C)c1O. The van der Waals surface area contributed by atoms with E-state index in [1.54, 1.807) is 31.2 Å². The third-order valence-electron chi connectivity index (χ3n) is 2.75. The van der Waals surface area contributed by atoms with Gasteiger partial charge >= 0.3 is 0 Å². The van der Waals surface area contributed by atoms with Crippen LogP contribution in [0.3, 0.4) is 0 Å². The summed E-state index contributed by atoms with van der Waals surface area (Å²) in [5.74, 6) is -0.429. The largest absolute Gasteiger partial charge is 0.507 e. The minimum Gasteiger partial charge on any atom is -0.507 e. The predicted molar refractivity (Wildman–Crippen MR) is 76.1 cm³/mol. The standard InChI is InChI=1S/C14H14N4O3/c1-3-5-10-6-4-7-11(13(10)19)8-15-16-14(20)12-9(2)17-21-18-12/h3-4,6-8,19H,1,5H2,2H3,(H,16,20)/b15-8+. The van der Waals surface area contributed by atoms with Crippen molar-refractivity contribution in [2.75, 3.05) is 0 Å². The first-order chi connectivity index (χ1) is 10.1. The highest BCUT2D eigenvalue weighted by molar-refractivity contribution is 5.94. The van der Waals surface area contributed by atoms with E-state index in [4.69, 9.17) is 0 Å². The Kier molecular flexibility index (Phi) is 4.45. The smallest absolute Gasteiger partial charge is 0.295 e. The average molecular weight is 286 g/mol. The van der Waals surface area contributed by atoms with Crippen molar-refractivity contribution >= 4 is 12.1 Å². The van der Waals surface area contributed by atoms with E-state index in [2.05, 4.69) is 32.0 Å². The summed E-state index contributed by atoms with van der Waals surface area (Å²) in [6.45, 7) is 5.22. The summed E-state index contributed by atoms with van der Waals surface area (Å²) < 4.78 is 4.43. The van der Waals surface area contributed by atoms with E-state index in [0.29, 0.717) is 17.7 Å². The van der Waals surface area contributed by atoms with Crippen LogP contribution in [0.25, 0.3) is 0 Å². The number of aromatic nitrogens is 2. The van der Waals surface area contributed by atoms with Gasteiger partial charge in [0.1, 0.15) is 11.4 Å². The summed E-state index contributed by atoms with van der Waals surface area (Å²) in [5, 5.41) is 20.8. The molecule has 0 saturated heterocycles. The third-order valence-corrected chi connectivity index (χ3v) is 2.75. The number of hydrogen-bond donors (Lipinski definition) is 2. The fourth-order valence-electron chi connectivity index (χ4n) is 1.69. The lowest BCUT2D eigenvalue weighted by molar-refractivity contribution is 0.0945. The van der Waals surface area contributed by atoms with Gasteiger partial charge in [0, 0.05) is 5.56 Å². The number of aryl methyl sites for hydroxylation is 1. The highest BCUT2D eigenvalue weighted by Crippen LogP contribution is 2.21. The van der Waals surface area contributed by atoms with Crippen LogP contribution >= 0.6 is 0 Å². The number of benzene rings is 1. The molecule has 2 rings (SSSR count). The predicted octanol–water partition coefficient (Wildman–Crippen LogP) is 1.58. The van der Waals surface area contributed by atoms with Crippen molar-refractivity contribution in [3.63, 3.8) is 0 Å². The summed E-state index contributed by atoms with van der Waals surface area (Å²) in [6, 6.07) is 5.26. The van der Waals surface area contributed by atoms with E-state index in [9.17, 15) is 9.90 Å². The molecular weight excluding hydrogens is 272 g/mol. The van der Waals surface area contributed by atoms with Crippen LogP contribution in [0, 0.1) is 6.92 Å². The van der Waals surface area contributed by atoms with Crippen molar-refractivity contribution in [2.24, 2.45) is 5.10 Å². The lowest BCUT2D eigenvalue weighted by Gasteiger charge is -2.04. The summed E-state index contributed by atoms with van der Waals surface area (Å²) in [7, 11) is 0. The molecule has 0 radical (unpaired) electrons. The monoisotopic (exact) mass is 286 g/mol. The zero-order valence-electron chi connectivity index (χ0n) is 11.4. The number of amides is 1. The van der Waals surface area contributed by atoms with Crippen molar-refractivity contribution < 1.29 is 14.5 Å². The van der Waals surface area contributed by atoms with Crippen molar-refractivity contribution in [3.05, 3.63) is 53.4 Å². The second-order valence-electron chi connectivity index (χ2n) is 4.25. The maximum Gasteiger partial charge on any atom is 0.295 e. The molecule has 108 valence electrons. The van der Waals surface area contributed by atoms with Crippen molar-refractivity contribution in [3.8, 4) is 5.75 Å². The Morgan fingerprint density at radius 1 is 1.52 bits per heavy atom. The molecule has 0 aliphatic heterocycles. The lowest BCUT2D eigenvalue weighted by atomic mass is 10.1. The van der Waals surface area contributed by atoms with Gasteiger partial charge in [-0.25, -0.2) is 10.1 Å². The van der Waals surface area contributed by atoms with Crippen LogP contribution < -0.4 is 5.43 Å². The number of phenols is 1. The lowest BCUT2D eigenvalue weighted by Crippen LogP contribution is -2.19. The number of hydrogen-bond acceptors (Lipinski definition) is 6. The Bertz CT molecular complexity index is 691. The maximum atomic E-state index is 11.7. The molecule has 0 atom stereocenters. The van der Waals surface area contributed by atoms with Crippen molar-refractivity contribution in [1.29, 1.82) is 0 Å². The molecule has 0 spiro atoms. The molecule has 0 aliphatic rings. The number of rotatable bonds is 5. The topological polar surface area (TPSA) is 101 Å². The maximum absolute atomic E-state index is 11.7. The molecular formula is C14H14N4O3. The van der Waals surface area contributed by atoms with Crippen LogP contribution in [0.5, 0.6) is 5.75 Å². The molecule has 2 N–H and O–H groups in total. The first-order valence-electron chi connectivity index (χ1n) is 6.17. The van der Waals surface area contributed by atoms with Crippen molar-refractivity contribution in [2.45, 2.75) is 13.3 Å². The van der Waals surface area contributed by atoms with E-state index >= 15 is 0 Å². The van der Waals surface area contributed by atoms with Crippen LogP contribution in [0.4, 0.5) is 0 Å². The van der Waals surface area contributed by atoms with Gasteiger partial charge in [-0.05, 0) is 30.1 Å². The molecule has 0 aliphatic carbocycles. The van der Waals surface area contributed by atoms with Gasteiger partial charge in [0.05, 0.1) is 6.21 Å². The molecule has 1 aromatic heterocycles. The third kappa shape index (κ3) is 3.33. The van der Waals surface area contributed by atoms with E-state index in [1.165, 1.54) is 6.21 Å². The Labute approximate surface area is 120 Å². The molecule has 0 unspecified atom stereocenters. The number of para-hydroxylation sites is 1. The molecule has 0 fully saturated rings. The van der Waals surface area contributed by atoms with Crippen LogP contribution in [0.15, 0.2) is 40.6 Å². The minimum absolute atomic E-state index is 0.0665. The molecule has 0 saturated carbocycles. The van der Waals surface area contributed by atoms with Gasteiger partial charge in [-0.15, -0.1) is 6.58 Å². The summed E-state index contributed by atoms with van der Waals surface area (Å²) in [6.07, 6.45) is 3.59. The summed E-state index contributed by atoms with van der Waals surface area (Å²) in [4.78, 5) is 11.7. The van der Waals surface area contributed by atoms with E-state index < -0.39 is 5.91 Å². The van der Waals surface area contributed by atoms with E-state index in [-0.39, 0.29) is 11.4 Å². The molecule has 1 aromatic carbocycles. The summed E-state index contributed by atoms with van der Waals surface area (Å²) >= 11 is 0. The zero-order chi connectivity index (χ0) is 15.2. The van der Waals surface area contributed by atoms with Gasteiger partial charge in [0.2, 0.25) is 0 Å². The van der Waals surface area contributed by atoms with Gasteiger partial charge in [0.25, 0.3) is 5.91 Å². The van der Waals surface area contributed by atoms with Gasteiger partial charge in [-0.3, -0.25) is 4.79 Å². The number of carbonyl (C=O) groups excluding carboxylic acids is 1. The normalized spacial score (nSPS) is 10.7. The second-order valence-corrected chi connectivity index (χ2v) is 4.25. The molecule has 1 heterocycles. The number of hydrazone groups is 1. The van der Waals surface area contributed by atoms with Crippen LogP contribution in [-0.4, -0.2) is 27.5 Å². The highest BCUT2D eigenvalue weighted by atomic mass is 16.6. The number of carbonyl (C=O) groups is 1. The van der Waals surface area contributed by atoms with Crippen LogP contribution in [-0.2, 0) is 6.42 Å².